The highest BCUT2D eigenvalue weighted by Crippen LogP contribution is 2.50. The lowest BCUT2D eigenvalue weighted by molar-refractivity contribution is 0.589. The molecule has 12 aromatic carbocycles. The zero-order valence-corrected chi connectivity index (χ0v) is 48.6. The number of nitrogens with zero attached hydrogens (tertiary/aromatic N) is 2. The van der Waals surface area contributed by atoms with Crippen molar-refractivity contribution in [3.8, 4) is 44.5 Å². The first kappa shape index (κ1) is 52.7. The van der Waals surface area contributed by atoms with Crippen LogP contribution < -0.4 is 9.80 Å². The van der Waals surface area contributed by atoms with Crippen LogP contribution in [0.2, 0.25) is 0 Å². The molecular weight excluding hydrogens is 977 g/mol. The van der Waals surface area contributed by atoms with Crippen LogP contribution in [-0.2, 0) is 16.2 Å². The Balaban J connectivity index is 1.06. The molecule has 0 saturated heterocycles. The van der Waals surface area contributed by atoms with Gasteiger partial charge in [0, 0.05) is 33.5 Å². The van der Waals surface area contributed by atoms with Crippen molar-refractivity contribution in [3.63, 3.8) is 0 Å². The summed E-state index contributed by atoms with van der Waals surface area (Å²) in [5, 5.41) is 7.24. The second kappa shape index (κ2) is 20.9. The monoisotopic (exact) mass is 1050 g/mol. The van der Waals surface area contributed by atoms with Gasteiger partial charge in [-0.05, 0) is 172 Å². The van der Waals surface area contributed by atoms with Gasteiger partial charge in [-0.15, -0.1) is 0 Å². The molecule has 0 radical (unpaired) electrons. The van der Waals surface area contributed by atoms with Gasteiger partial charge in [-0.2, -0.15) is 0 Å². The van der Waals surface area contributed by atoms with Crippen molar-refractivity contribution in [3.05, 3.63) is 277 Å². The van der Waals surface area contributed by atoms with Gasteiger partial charge < -0.3 is 9.80 Å². The van der Waals surface area contributed by atoms with Gasteiger partial charge in [0.15, 0.2) is 0 Å². The lowest BCUT2D eigenvalue weighted by Crippen LogP contribution is -2.15. The predicted octanol–water partition coefficient (Wildman–Crippen LogP) is 23.0. The first-order chi connectivity index (χ1) is 39.0. The average molecular weight is 1050 g/mol. The molecule has 0 aliphatic rings. The maximum atomic E-state index is 2.52. The van der Waals surface area contributed by atoms with E-state index in [1.165, 1.54) is 99.1 Å². The third-order valence-corrected chi connectivity index (χ3v) is 16.5. The van der Waals surface area contributed by atoms with Gasteiger partial charge in [-0.1, -0.05) is 256 Å². The molecule has 0 aliphatic heterocycles. The van der Waals surface area contributed by atoms with Crippen LogP contribution in [0.25, 0.3) is 76.8 Å². The minimum Gasteiger partial charge on any atom is -0.310 e. The molecule has 12 aromatic rings. The summed E-state index contributed by atoms with van der Waals surface area (Å²) in [5.41, 5.74) is 21.4. The average Bonchev–Trinajstić information content (AvgIpc) is 3.64. The molecule has 0 bridgehead atoms. The maximum absolute atomic E-state index is 2.52. The summed E-state index contributed by atoms with van der Waals surface area (Å²) in [6.45, 7) is 23.0. The fourth-order valence-corrected chi connectivity index (χ4v) is 11.7. The van der Waals surface area contributed by atoms with Crippen molar-refractivity contribution in [2.45, 2.75) is 85.5 Å². The Morgan fingerprint density at radius 3 is 0.975 bits per heavy atom. The van der Waals surface area contributed by atoms with E-state index >= 15 is 0 Å². The Morgan fingerprint density at radius 1 is 0.222 bits per heavy atom. The van der Waals surface area contributed by atoms with Crippen molar-refractivity contribution in [1.82, 2.24) is 0 Å². The molecule has 398 valence electrons. The van der Waals surface area contributed by atoms with E-state index in [0.717, 1.165) is 34.1 Å². The van der Waals surface area contributed by atoms with Crippen molar-refractivity contribution in [1.29, 1.82) is 0 Å². The number of aryl methyl sites for hydroxylation is 1. The lowest BCUT2D eigenvalue weighted by Gasteiger charge is -2.32. The molecule has 81 heavy (non-hydrogen) atoms. The third-order valence-electron chi connectivity index (χ3n) is 16.5. The molecule has 2 heteroatoms. The maximum Gasteiger partial charge on any atom is 0.0546 e. The van der Waals surface area contributed by atoms with E-state index in [9.17, 15) is 0 Å². The summed E-state index contributed by atoms with van der Waals surface area (Å²) in [6.07, 6.45) is 0. The van der Waals surface area contributed by atoms with Crippen LogP contribution in [0.4, 0.5) is 34.1 Å². The van der Waals surface area contributed by atoms with E-state index in [4.69, 9.17) is 0 Å². The first-order valence-electron chi connectivity index (χ1n) is 28.7. The molecule has 0 aromatic heterocycles. The smallest absolute Gasteiger partial charge is 0.0546 e. The molecule has 0 fully saturated rings. The number of rotatable bonds is 10. The summed E-state index contributed by atoms with van der Waals surface area (Å²) in [7, 11) is 0. The van der Waals surface area contributed by atoms with Crippen molar-refractivity contribution in [2.75, 3.05) is 9.80 Å². The van der Waals surface area contributed by atoms with E-state index in [0.29, 0.717) is 0 Å². The molecule has 0 aliphatic carbocycles. The standard InChI is InChI=1S/C79H72N2/c1-53-49-63(78(5,6)7)40-48-74(53)81(67-43-35-61(36-44-67)59-31-27-57(28-32-59)55-21-15-12-16-22-55)76-51-72-68-23-17-18-24-69(68)75(52-73(72)71-50-64(79(8,9)10)39-47-70(71)76)80(66-45-37-62(38-46-66)77(2,3)4)65-41-33-60(34-42-65)58-29-25-56(26-30-58)54-19-13-11-14-20-54/h11-52H,1-10H3. The molecule has 0 heterocycles. The van der Waals surface area contributed by atoms with Gasteiger partial charge >= 0.3 is 0 Å². The second-order valence-corrected chi connectivity index (χ2v) is 25.1. The zero-order valence-electron chi connectivity index (χ0n) is 48.6. The number of fused-ring (bicyclic) bond motifs is 5. The predicted molar refractivity (Wildman–Crippen MR) is 351 cm³/mol. The van der Waals surface area contributed by atoms with Gasteiger partial charge in [0.1, 0.15) is 0 Å². The molecule has 0 spiro atoms. The number of anilines is 6. The minimum atomic E-state index is -0.0885. The highest BCUT2D eigenvalue weighted by molar-refractivity contribution is 6.25. The summed E-state index contributed by atoms with van der Waals surface area (Å²) < 4.78 is 0. The quantitative estimate of drug-likeness (QED) is 0.126. The highest BCUT2D eigenvalue weighted by atomic mass is 15.2. The molecule has 2 nitrogen and oxygen atoms in total. The largest absolute Gasteiger partial charge is 0.310 e. The van der Waals surface area contributed by atoms with E-state index in [-0.39, 0.29) is 16.2 Å². The Hall–Kier alpha value is -8.98. The van der Waals surface area contributed by atoms with Crippen LogP contribution in [0.1, 0.15) is 84.6 Å². The Labute approximate surface area is 480 Å². The van der Waals surface area contributed by atoms with E-state index in [2.05, 4.69) is 334 Å². The van der Waals surface area contributed by atoms with Crippen LogP contribution in [0.3, 0.4) is 0 Å². The van der Waals surface area contributed by atoms with E-state index < -0.39 is 0 Å². The summed E-state index contributed by atoms with van der Waals surface area (Å²) in [4.78, 5) is 5.00. The zero-order chi connectivity index (χ0) is 56.2. The molecule has 0 amide bonds. The fourth-order valence-electron chi connectivity index (χ4n) is 11.7. The van der Waals surface area contributed by atoms with Gasteiger partial charge in [-0.25, -0.2) is 0 Å². The van der Waals surface area contributed by atoms with Crippen LogP contribution >= 0.6 is 0 Å². The second-order valence-electron chi connectivity index (χ2n) is 25.1. The van der Waals surface area contributed by atoms with Crippen LogP contribution in [0, 0.1) is 6.92 Å². The Kier molecular flexibility index (Phi) is 13.6. The summed E-state index contributed by atoms with van der Waals surface area (Å²) >= 11 is 0. The van der Waals surface area contributed by atoms with Gasteiger partial charge in [-0.3, -0.25) is 0 Å². The van der Waals surface area contributed by atoms with Gasteiger partial charge in [0.25, 0.3) is 0 Å². The lowest BCUT2D eigenvalue weighted by atomic mass is 9.84. The van der Waals surface area contributed by atoms with Crippen LogP contribution in [0.15, 0.2) is 255 Å². The molecule has 0 N–H and O–H groups in total. The van der Waals surface area contributed by atoms with Crippen LogP contribution in [0.5, 0.6) is 0 Å². The Bertz CT molecular complexity index is 4210. The highest BCUT2D eigenvalue weighted by Gasteiger charge is 2.26. The molecule has 0 atom stereocenters. The van der Waals surface area contributed by atoms with Crippen molar-refractivity contribution in [2.24, 2.45) is 0 Å². The minimum absolute atomic E-state index is 0.00109. The molecule has 12 rings (SSSR count). The number of hydrogen-bond donors (Lipinski definition) is 0. The van der Waals surface area contributed by atoms with Crippen LogP contribution in [-0.4, -0.2) is 0 Å². The van der Waals surface area contributed by atoms with E-state index in [1.807, 2.05) is 0 Å². The Morgan fingerprint density at radius 2 is 0.531 bits per heavy atom. The SMILES string of the molecule is Cc1cc(C(C)(C)C)ccc1N(c1ccc(-c2ccc(-c3ccccc3)cc2)cc1)c1cc2c3ccccc3c(N(c3ccc(-c4ccc(-c5ccccc5)cc4)cc3)c3ccc(C(C)(C)C)cc3)cc2c2cc(C(C)(C)C)ccc12. The number of hydrogen-bond acceptors (Lipinski definition) is 2. The normalized spacial score (nSPS) is 12.1. The molecule has 0 saturated carbocycles. The van der Waals surface area contributed by atoms with Crippen molar-refractivity contribution >= 4 is 66.4 Å². The number of benzene rings is 12. The van der Waals surface area contributed by atoms with Gasteiger partial charge in [0.2, 0.25) is 0 Å². The van der Waals surface area contributed by atoms with E-state index in [1.54, 1.807) is 0 Å². The molecule has 0 unspecified atom stereocenters. The third kappa shape index (κ3) is 10.4. The molecular formula is C79H72N2. The van der Waals surface area contributed by atoms with Crippen molar-refractivity contribution < 1.29 is 0 Å². The fraction of sp³-hybridized carbons (Fsp3) is 0.165. The summed E-state index contributed by atoms with van der Waals surface area (Å²) in [6, 6.07) is 95.1. The first-order valence-corrected chi connectivity index (χ1v) is 28.7. The summed E-state index contributed by atoms with van der Waals surface area (Å²) in [5.74, 6) is 0. The topological polar surface area (TPSA) is 6.48 Å². The van der Waals surface area contributed by atoms with Gasteiger partial charge in [0.05, 0.1) is 11.4 Å².